The molecule has 1 aromatic heterocycles. The van der Waals surface area contributed by atoms with E-state index in [9.17, 15) is 4.79 Å². The van der Waals surface area contributed by atoms with E-state index in [1.54, 1.807) is 7.11 Å². The van der Waals surface area contributed by atoms with Crippen LogP contribution in [0.4, 0.5) is 10.6 Å². The number of hydrogen-bond donors (Lipinski definition) is 3. The van der Waals surface area contributed by atoms with Crippen LogP contribution in [0.5, 0.6) is 5.75 Å². The van der Waals surface area contributed by atoms with Crippen LogP contribution in [0.15, 0.2) is 48.8 Å². The van der Waals surface area contributed by atoms with E-state index in [0.29, 0.717) is 12.4 Å². The molecule has 1 heterocycles. The molecule has 0 aliphatic carbocycles. The third-order valence-electron chi connectivity index (χ3n) is 3.47. The van der Waals surface area contributed by atoms with Crippen molar-refractivity contribution in [3.8, 4) is 5.75 Å². The van der Waals surface area contributed by atoms with E-state index in [-0.39, 0.29) is 5.15 Å². The lowest BCUT2D eigenvalue weighted by molar-refractivity contribution is 0.242. The molecule has 0 saturated carbocycles. The maximum atomic E-state index is 11.8. The molecule has 0 aliphatic rings. The Morgan fingerprint density at radius 3 is 2.76 bits per heavy atom. The number of hydrogen-bond acceptors (Lipinski definition) is 5. The number of hydrazine groups is 1. The molecule has 2 amide bonds. The molecular formula is C17H16ClN5O2. The number of carbonyl (C=O) groups is 1. The predicted molar refractivity (Wildman–Crippen MR) is 96.5 cm³/mol. The highest BCUT2D eigenvalue weighted by atomic mass is 35.5. The second-order valence-electron chi connectivity index (χ2n) is 5.21. The molecule has 0 atom stereocenters. The first-order valence-corrected chi connectivity index (χ1v) is 7.86. The van der Waals surface area contributed by atoms with Gasteiger partial charge in [-0.2, -0.15) is 0 Å². The lowest BCUT2D eigenvalue weighted by Gasteiger charge is -2.10. The summed E-state index contributed by atoms with van der Waals surface area (Å²) in [5.74, 6) is 1.16. The molecule has 0 aliphatic heterocycles. The summed E-state index contributed by atoms with van der Waals surface area (Å²) in [6.07, 6.45) is 2.85. The Kier molecular flexibility index (Phi) is 5.15. The average molecular weight is 358 g/mol. The van der Waals surface area contributed by atoms with E-state index >= 15 is 0 Å². The van der Waals surface area contributed by atoms with Gasteiger partial charge in [-0.1, -0.05) is 29.8 Å². The number of halogens is 1. The molecule has 2 aromatic carbocycles. The van der Waals surface area contributed by atoms with Gasteiger partial charge in [-0.25, -0.2) is 9.78 Å². The molecule has 25 heavy (non-hydrogen) atoms. The zero-order chi connectivity index (χ0) is 17.6. The summed E-state index contributed by atoms with van der Waals surface area (Å²) in [7, 11) is 1.64. The van der Waals surface area contributed by atoms with E-state index in [1.165, 1.54) is 12.4 Å². The standard InChI is InChI=1S/C17H16ClN5O2/c1-25-14-5-4-12-6-11(2-3-13(12)7-14)8-20-17(24)23-22-16-10-19-9-15(18)21-16/h2-7,9-10H,8H2,1H3,(H,21,22)(H2,20,23,24). The molecule has 3 aromatic rings. The number of aromatic nitrogens is 2. The number of nitrogens with zero attached hydrogens (tertiary/aromatic N) is 2. The monoisotopic (exact) mass is 357 g/mol. The lowest BCUT2D eigenvalue weighted by atomic mass is 10.1. The minimum atomic E-state index is -0.392. The number of methoxy groups -OCH3 is 1. The minimum Gasteiger partial charge on any atom is -0.497 e. The molecule has 128 valence electrons. The Bertz CT molecular complexity index is 903. The summed E-state index contributed by atoms with van der Waals surface area (Å²) in [4.78, 5) is 19.6. The molecule has 0 fully saturated rings. The fourth-order valence-corrected chi connectivity index (χ4v) is 2.41. The first kappa shape index (κ1) is 16.8. The van der Waals surface area contributed by atoms with Crippen molar-refractivity contribution in [3.63, 3.8) is 0 Å². The zero-order valence-corrected chi connectivity index (χ0v) is 14.2. The van der Waals surface area contributed by atoms with E-state index in [0.717, 1.165) is 22.1 Å². The lowest BCUT2D eigenvalue weighted by Crippen LogP contribution is -2.38. The molecule has 7 nitrogen and oxygen atoms in total. The molecule has 0 bridgehead atoms. The maximum Gasteiger partial charge on any atom is 0.333 e. The molecule has 0 unspecified atom stereocenters. The second kappa shape index (κ2) is 7.67. The van der Waals surface area contributed by atoms with Crippen LogP contribution in [0.2, 0.25) is 5.15 Å². The number of amides is 2. The van der Waals surface area contributed by atoms with Gasteiger partial charge in [0.05, 0.1) is 19.5 Å². The van der Waals surface area contributed by atoms with Gasteiger partial charge in [0, 0.05) is 6.54 Å². The third kappa shape index (κ3) is 4.48. The van der Waals surface area contributed by atoms with Crippen LogP contribution in [0.25, 0.3) is 10.8 Å². The van der Waals surface area contributed by atoms with Crippen LogP contribution in [0.1, 0.15) is 5.56 Å². The number of anilines is 1. The van der Waals surface area contributed by atoms with E-state index in [4.69, 9.17) is 16.3 Å². The van der Waals surface area contributed by atoms with Gasteiger partial charge in [0.25, 0.3) is 0 Å². The van der Waals surface area contributed by atoms with Crippen LogP contribution >= 0.6 is 11.6 Å². The van der Waals surface area contributed by atoms with E-state index in [2.05, 4.69) is 26.1 Å². The SMILES string of the molecule is COc1ccc2cc(CNC(=O)NNc3cncc(Cl)n3)ccc2c1. The minimum absolute atomic E-state index is 0.236. The summed E-state index contributed by atoms with van der Waals surface area (Å²) >= 11 is 5.72. The Morgan fingerprint density at radius 1 is 1.16 bits per heavy atom. The zero-order valence-electron chi connectivity index (χ0n) is 13.4. The van der Waals surface area contributed by atoms with Gasteiger partial charge in [-0.15, -0.1) is 0 Å². The summed E-state index contributed by atoms with van der Waals surface area (Å²) in [6, 6.07) is 11.4. The Balaban J connectivity index is 1.55. The average Bonchev–Trinajstić information content (AvgIpc) is 2.64. The number of rotatable bonds is 5. The largest absolute Gasteiger partial charge is 0.497 e. The second-order valence-corrected chi connectivity index (χ2v) is 5.59. The highest BCUT2D eigenvalue weighted by Crippen LogP contribution is 2.21. The normalized spacial score (nSPS) is 10.3. The van der Waals surface area contributed by atoms with E-state index in [1.807, 2.05) is 36.4 Å². The van der Waals surface area contributed by atoms with Gasteiger partial charge >= 0.3 is 6.03 Å². The van der Waals surface area contributed by atoms with Crippen molar-refractivity contribution in [3.05, 3.63) is 59.5 Å². The van der Waals surface area contributed by atoms with Gasteiger partial charge in [-0.3, -0.25) is 15.8 Å². The highest BCUT2D eigenvalue weighted by Gasteiger charge is 2.03. The Labute approximate surface area is 149 Å². The van der Waals surface area contributed by atoms with Crippen molar-refractivity contribution < 1.29 is 9.53 Å². The fraction of sp³-hybridized carbons (Fsp3) is 0.118. The predicted octanol–water partition coefficient (Wildman–Crippen LogP) is 3.12. The molecule has 0 spiro atoms. The van der Waals surface area contributed by atoms with Crippen LogP contribution < -0.4 is 20.9 Å². The first-order valence-electron chi connectivity index (χ1n) is 7.48. The molecular weight excluding hydrogens is 342 g/mol. The molecule has 3 rings (SSSR count). The quantitative estimate of drug-likeness (QED) is 0.610. The topological polar surface area (TPSA) is 88.2 Å². The van der Waals surface area contributed by atoms with Gasteiger partial charge in [0.15, 0.2) is 5.82 Å². The van der Waals surface area contributed by atoms with E-state index < -0.39 is 6.03 Å². The van der Waals surface area contributed by atoms with Crippen LogP contribution in [0, 0.1) is 0 Å². The first-order chi connectivity index (χ1) is 12.1. The third-order valence-corrected chi connectivity index (χ3v) is 3.66. The van der Waals surface area contributed by atoms with Crippen molar-refractivity contribution in [2.45, 2.75) is 6.54 Å². The van der Waals surface area contributed by atoms with Crippen LogP contribution in [0.3, 0.4) is 0 Å². The number of urea groups is 1. The summed E-state index contributed by atoms with van der Waals surface area (Å²) in [6.45, 7) is 0.386. The molecule has 0 radical (unpaired) electrons. The summed E-state index contributed by atoms with van der Waals surface area (Å²) in [5, 5.41) is 5.14. The van der Waals surface area contributed by atoms with Gasteiger partial charge < -0.3 is 10.1 Å². The summed E-state index contributed by atoms with van der Waals surface area (Å²) < 4.78 is 5.21. The molecule has 8 heteroatoms. The maximum absolute atomic E-state index is 11.8. The fourth-order valence-electron chi connectivity index (χ4n) is 2.26. The number of nitrogens with one attached hydrogen (secondary N) is 3. The van der Waals surface area contributed by atoms with Gasteiger partial charge in [-0.05, 0) is 34.5 Å². The van der Waals surface area contributed by atoms with Crippen molar-refractivity contribution in [1.82, 2.24) is 20.7 Å². The van der Waals surface area contributed by atoms with Gasteiger partial charge in [0.2, 0.25) is 0 Å². The van der Waals surface area contributed by atoms with Crippen molar-refractivity contribution in [2.24, 2.45) is 0 Å². The molecule has 3 N–H and O–H groups in total. The van der Waals surface area contributed by atoms with Crippen molar-refractivity contribution in [2.75, 3.05) is 12.5 Å². The number of carbonyl (C=O) groups excluding carboxylic acids is 1. The van der Waals surface area contributed by atoms with Gasteiger partial charge in [0.1, 0.15) is 10.9 Å². The Morgan fingerprint density at radius 2 is 1.96 bits per heavy atom. The van der Waals surface area contributed by atoms with Crippen molar-refractivity contribution in [1.29, 1.82) is 0 Å². The van der Waals surface area contributed by atoms with Crippen molar-refractivity contribution >= 4 is 34.2 Å². The van der Waals surface area contributed by atoms with Crippen LogP contribution in [-0.4, -0.2) is 23.1 Å². The number of benzene rings is 2. The smallest absolute Gasteiger partial charge is 0.333 e. The number of ether oxygens (including phenoxy) is 1. The molecule has 0 saturated heterocycles. The summed E-state index contributed by atoms with van der Waals surface area (Å²) in [5.41, 5.74) is 6.08. The highest BCUT2D eigenvalue weighted by molar-refractivity contribution is 6.29. The van der Waals surface area contributed by atoms with Crippen LogP contribution in [-0.2, 0) is 6.54 Å². The Hall–Kier alpha value is -3.06. The number of fused-ring (bicyclic) bond motifs is 1.